The maximum Gasteiger partial charge on any atom is 0.130 e. The summed E-state index contributed by atoms with van der Waals surface area (Å²) in [4.78, 5) is 0.123. The zero-order valence-corrected chi connectivity index (χ0v) is 21.6. The van der Waals surface area contributed by atoms with Crippen LogP contribution >= 0.6 is 95.6 Å². The van der Waals surface area contributed by atoms with Crippen LogP contribution in [0.15, 0.2) is 60.7 Å². The minimum atomic E-state index is -0.592. The van der Waals surface area contributed by atoms with Gasteiger partial charge in [-0.1, -0.05) is 163 Å². The maximum absolute atomic E-state index is 4.05. The van der Waals surface area contributed by atoms with Crippen LogP contribution in [0.3, 0.4) is 0 Å². The minimum absolute atomic E-state index is 0.123. The van der Waals surface area contributed by atoms with Gasteiger partial charge in [0.15, 0.2) is 0 Å². The first-order valence-electron chi connectivity index (χ1n) is 6.85. The van der Waals surface area contributed by atoms with E-state index >= 15 is 0 Å². The van der Waals surface area contributed by atoms with Crippen molar-refractivity contribution in [2.24, 2.45) is 0 Å². The summed E-state index contributed by atoms with van der Waals surface area (Å²) in [6, 6.07) is 20.7. The van der Waals surface area contributed by atoms with Crippen LogP contribution in [-0.4, -0.2) is 11.3 Å². The highest BCUT2D eigenvalue weighted by Gasteiger charge is 2.61. The molecule has 1 unspecified atom stereocenters. The van der Waals surface area contributed by atoms with E-state index in [1.807, 2.05) is 36.4 Å². The third-order valence-corrected chi connectivity index (χ3v) is 15.3. The fraction of sp³-hybridized carbons (Fsp3) is 0.294. The number of benzene rings is 2. The van der Waals surface area contributed by atoms with E-state index in [2.05, 4.69) is 127 Å². The normalized spacial score (nSPS) is 14.6. The van der Waals surface area contributed by atoms with Gasteiger partial charge in [0.05, 0.1) is 0 Å². The van der Waals surface area contributed by atoms with Crippen molar-refractivity contribution in [2.75, 3.05) is 0 Å². The molecule has 6 heteroatoms. The van der Waals surface area contributed by atoms with E-state index in [0.717, 1.165) is 11.1 Å². The van der Waals surface area contributed by atoms with E-state index in [1.54, 1.807) is 0 Å². The molecule has 0 amide bonds. The first kappa shape index (κ1) is 20.6. The number of hydrogen-bond acceptors (Lipinski definition) is 0. The third-order valence-electron chi connectivity index (χ3n) is 3.69. The highest BCUT2D eigenvalue weighted by molar-refractivity contribution is 9.31. The van der Waals surface area contributed by atoms with Crippen molar-refractivity contribution in [1.29, 1.82) is 0 Å². The SMILES string of the molecule is CC(Br)C(Br)(Br)C(Br)(Br)C(Br)(c1ccccc1)c1ccccc1. The Bertz CT molecular complexity index is 597. The molecule has 0 bridgehead atoms. The average Bonchev–Trinajstić information content (AvgIpc) is 2.55. The molecule has 2 aromatic rings. The van der Waals surface area contributed by atoms with E-state index in [9.17, 15) is 0 Å². The molecule has 1 atom stereocenters. The fourth-order valence-corrected chi connectivity index (χ4v) is 6.87. The predicted octanol–water partition coefficient (Wildman–Crippen LogP) is 8.08. The molecule has 0 saturated heterocycles. The molecule has 2 rings (SSSR count). The minimum Gasteiger partial charge on any atom is -0.0868 e. The highest BCUT2D eigenvalue weighted by Crippen LogP contribution is 2.65. The van der Waals surface area contributed by atoms with Crippen LogP contribution < -0.4 is 0 Å². The second kappa shape index (κ2) is 7.91. The Kier molecular flexibility index (Phi) is 7.10. The number of hydrogen-bond donors (Lipinski definition) is 0. The van der Waals surface area contributed by atoms with Crippen molar-refractivity contribution >= 4 is 95.6 Å². The largest absolute Gasteiger partial charge is 0.130 e. The molecule has 0 radical (unpaired) electrons. The van der Waals surface area contributed by atoms with Crippen LogP contribution in [0.5, 0.6) is 0 Å². The molecule has 23 heavy (non-hydrogen) atoms. The molecule has 0 aliphatic heterocycles. The first-order valence-corrected chi connectivity index (χ1v) is 11.7. The van der Waals surface area contributed by atoms with E-state index in [4.69, 9.17) is 0 Å². The van der Waals surface area contributed by atoms with Crippen molar-refractivity contribution < 1.29 is 0 Å². The van der Waals surface area contributed by atoms with Crippen molar-refractivity contribution in [1.82, 2.24) is 0 Å². The van der Waals surface area contributed by atoms with Gasteiger partial charge in [0.1, 0.15) is 10.8 Å². The lowest BCUT2D eigenvalue weighted by molar-refractivity contribution is 0.623. The summed E-state index contributed by atoms with van der Waals surface area (Å²) in [6.45, 7) is 2.09. The highest BCUT2D eigenvalue weighted by atomic mass is 79.9. The second-order valence-electron chi connectivity index (χ2n) is 5.20. The molecule has 124 valence electrons. The van der Waals surface area contributed by atoms with Crippen molar-refractivity contribution in [3.05, 3.63) is 71.8 Å². The van der Waals surface area contributed by atoms with Crippen LogP contribution in [-0.2, 0) is 4.32 Å². The number of halogens is 6. The molecule has 0 nitrogen and oxygen atoms in total. The molecule has 0 aromatic heterocycles. The van der Waals surface area contributed by atoms with E-state index in [1.165, 1.54) is 0 Å². The molecule has 0 heterocycles. The van der Waals surface area contributed by atoms with Crippen LogP contribution in [0.1, 0.15) is 18.1 Å². The van der Waals surface area contributed by atoms with Crippen molar-refractivity contribution in [2.45, 2.75) is 22.5 Å². The Morgan fingerprint density at radius 2 is 1.04 bits per heavy atom. The number of alkyl halides is 6. The van der Waals surface area contributed by atoms with Crippen LogP contribution in [0, 0.1) is 0 Å². The smallest absolute Gasteiger partial charge is 0.0868 e. The molecule has 0 aliphatic carbocycles. The zero-order valence-electron chi connectivity index (χ0n) is 12.1. The van der Waals surface area contributed by atoms with Gasteiger partial charge in [0.2, 0.25) is 0 Å². The van der Waals surface area contributed by atoms with Crippen molar-refractivity contribution in [3.63, 3.8) is 0 Å². The second-order valence-corrected chi connectivity index (χ2v) is 14.8. The van der Waals surface area contributed by atoms with E-state index in [0.29, 0.717) is 0 Å². The van der Waals surface area contributed by atoms with Gasteiger partial charge >= 0.3 is 0 Å². The summed E-state index contributed by atoms with van der Waals surface area (Å²) < 4.78 is -1.61. The number of rotatable bonds is 5. The Hall–Kier alpha value is 1.32. The predicted molar refractivity (Wildman–Crippen MR) is 122 cm³/mol. The van der Waals surface area contributed by atoms with E-state index < -0.39 is 10.8 Å². The Morgan fingerprint density at radius 3 is 1.35 bits per heavy atom. The molecule has 0 spiro atoms. The van der Waals surface area contributed by atoms with Crippen molar-refractivity contribution in [3.8, 4) is 0 Å². The monoisotopic (exact) mass is 692 g/mol. The van der Waals surface area contributed by atoms with Crippen LogP contribution in [0.25, 0.3) is 0 Å². The van der Waals surface area contributed by atoms with Gasteiger partial charge < -0.3 is 0 Å². The molecule has 0 N–H and O–H groups in total. The molecular formula is C17H14Br6. The first-order chi connectivity index (χ1) is 10.7. The molecule has 0 saturated carbocycles. The summed E-state index contributed by atoms with van der Waals surface area (Å²) in [6.07, 6.45) is 0. The van der Waals surface area contributed by atoms with Gasteiger partial charge in [-0.05, 0) is 11.1 Å². The third kappa shape index (κ3) is 3.73. The molecule has 0 fully saturated rings. The molecule has 0 aliphatic rings. The fourth-order valence-electron chi connectivity index (χ4n) is 2.34. The lowest BCUT2D eigenvalue weighted by Crippen LogP contribution is -2.53. The van der Waals surface area contributed by atoms with Gasteiger partial charge in [-0.25, -0.2) is 0 Å². The van der Waals surface area contributed by atoms with Gasteiger partial charge in [0.25, 0.3) is 0 Å². The summed E-state index contributed by atoms with van der Waals surface area (Å²) in [7, 11) is 0. The maximum atomic E-state index is 4.05. The molecular weight excluding hydrogens is 684 g/mol. The Labute approximate surface area is 188 Å². The van der Waals surface area contributed by atoms with Gasteiger partial charge in [-0.2, -0.15) is 0 Å². The van der Waals surface area contributed by atoms with Crippen LogP contribution in [0.4, 0.5) is 0 Å². The average molecular weight is 698 g/mol. The topological polar surface area (TPSA) is 0 Å². The van der Waals surface area contributed by atoms with Gasteiger partial charge in [-0.15, -0.1) is 0 Å². The lowest BCUT2D eigenvalue weighted by atomic mass is 9.86. The lowest BCUT2D eigenvalue weighted by Gasteiger charge is -2.48. The summed E-state index contributed by atoms with van der Waals surface area (Å²) in [5.41, 5.74) is 2.27. The Balaban J connectivity index is 2.74. The zero-order chi connectivity index (χ0) is 17.3. The Morgan fingerprint density at radius 1 is 0.696 bits per heavy atom. The summed E-state index contributed by atoms with van der Waals surface area (Å²) >= 11 is 23.3. The van der Waals surface area contributed by atoms with Crippen LogP contribution in [0.2, 0.25) is 0 Å². The summed E-state index contributed by atoms with van der Waals surface area (Å²) in [5.74, 6) is 0. The van der Waals surface area contributed by atoms with E-state index in [-0.39, 0.29) is 4.83 Å². The quantitative estimate of drug-likeness (QED) is 0.278. The summed E-state index contributed by atoms with van der Waals surface area (Å²) in [5, 5.41) is 0. The van der Waals surface area contributed by atoms with Gasteiger partial charge in [-0.3, -0.25) is 0 Å². The standard InChI is InChI=1S/C17H14Br6/c1-12(18)16(20,21)17(22,23)15(19,13-8-4-2-5-9-13)14-10-6-3-7-11-14/h2-12H,1H3. The molecule has 2 aromatic carbocycles. The van der Waals surface area contributed by atoms with Gasteiger partial charge in [0, 0.05) is 4.83 Å².